The number of rotatable bonds is 2. The van der Waals surface area contributed by atoms with Crippen LogP contribution in [0.5, 0.6) is 0 Å². The van der Waals surface area contributed by atoms with Crippen LogP contribution in [0.2, 0.25) is 0 Å². The summed E-state index contributed by atoms with van der Waals surface area (Å²) in [6.07, 6.45) is 10.9. The van der Waals surface area contributed by atoms with Gasteiger partial charge in [-0.2, -0.15) is 5.10 Å². The summed E-state index contributed by atoms with van der Waals surface area (Å²) >= 11 is 1.50. The number of fused-ring (bicyclic) bond motifs is 1. The fraction of sp³-hybridized carbons (Fsp3) is 0.619. The largest absolute Gasteiger partial charge is 0.390 e. The zero-order valence-electron chi connectivity index (χ0n) is 16.3. The van der Waals surface area contributed by atoms with Crippen LogP contribution in [0.4, 0.5) is 5.69 Å². The highest BCUT2D eigenvalue weighted by Gasteiger charge is 2.48. The Morgan fingerprint density at radius 1 is 1.14 bits per heavy atom. The summed E-state index contributed by atoms with van der Waals surface area (Å²) in [4.78, 5) is 14.6. The lowest BCUT2D eigenvalue weighted by Crippen LogP contribution is -2.61. The van der Waals surface area contributed by atoms with Crippen LogP contribution in [0.25, 0.3) is 10.4 Å². The Morgan fingerprint density at radius 2 is 1.89 bits per heavy atom. The quantitative estimate of drug-likeness (QED) is 0.609. The molecular formula is C21H28N4O2S. The molecule has 2 saturated carbocycles. The van der Waals surface area contributed by atoms with E-state index in [1.165, 1.54) is 30.6 Å². The second kappa shape index (κ2) is 6.59. The van der Waals surface area contributed by atoms with E-state index in [2.05, 4.69) is 26.9 Å². The van der Waals surface area contributed by atoms with Gasteiger partial charge in [0.25, 0.3) is 5.91 Å². The van der Waals surface area contributed by atoms with E-state index in [1.807, 2.05) is 13.1 Å². The van der Waals surface area contributed by atoms with Gasteiger partial charge in [-0.15, -0.1) is 11.3 Å². The molecule has 7 heteroatoms. The zero-order chi connectivity index (χ0) is 19.4. The van der Waals surface area contributed by atoms with Crippen molar-refractivity contribution in [3.8, 4) is 10.4 Å². The number of carbonyl (C=O) groups is 1. The Bertz CT molecular complexity index is 888. The number of anilines is 1. The molecule has 1 aliphatic heterocycles. The number of hydrogen-bond donors (Lipinski definition) is 4. The molecule has 2 fully saturated rings. The molecule has 2 aromatic rings. The van der Waals surface area contributed by atoms with Crippen molar-refractivity contribution in [2.24, 2.45) is 5.92 Å². The molecule has 0 radical (unpaired) electrons. The number of hydrogen-bond acceptors (Lipinski definition) is 5. The maximum absolute atomic E-state index is 12.9. The molecule has 5 rings (SSSR count). The molecule has 0 aromatic carbocycles. The van der Waals surface area contributed by atoms with Crippen LogP contribution in [0, 0.1) is 12.8 Å². The highest BCUT2D eigenvalue weighted by Crippen LogP contribution is 2.47. The summed E-state index contributed by atoms with van der Waals surface area (Å²) < 4.78 is 0. The van der Waals surface area contributed by atoms with E-state index < -0.39 is 11.3 Å². The molecule has 150 valence electrons. The third-order valence-electron chi connectivity index (χ3n) is 7.09. The summed E-state index contributed by atoms with van der Waals surface area (Å²) in [5, 5.41) is 25.2. The van der Waals surface area contributed by atoms with Crippen LogP contribution in [0.1, 0.15) is 73.2 Å². The van der Waals surface area contributed by atoms with Gasteiger partial charge in [0, 0.05) is 16.1 Å². The fourth-order valence-corrected chi connectivity index (χ4v) is 6.43. The molecule has 28 heavy (non-hydrogen) atoms. The minimum atomic E-state index is -0.563. The van der Waals surface area contributed by atoms with Crippen LogP contribution in [0.3, 0.4) is 0 Å². The van der Waals surface area contributed by atoms with Gasteiger partial charge in [0.1, 0.15) is 10.5 Å². The number of aromatic nitrogens is 2. The average Bonchev–Trinajstić information content (AvgIpc) is 3.31. The third-order valence-corrected chi connectivity index (χ3v) is 8.26. The normalized spacial score (nSPS) is 30.7. The van der Waals surface area contributed by atoms with Gasteiger partial charge < -0.3 is 15.7 Å². The van der Waals surface area contributed by atoms with E-state index in [0.717, 1.165) is 65.2 Å². The van der Waals surface area contributed by atoms with Crippen LogP contribution in [0.15, 0.2) is 12.3 Å². The van der Waals surface area contributed by atoms with Gasteiger partial charge in [-0.05, 0) is 57.4 Å². The first kappa shape index (κ1) is 18.2. The molecule has 0 atom stereocenters. The van der Waals surface area contributed by atoms with Crippen molar-refractivity contribution in [3.63, 3.8) is 0 Å². The lowest BCUT2D eigenvalue weighted by molar-refractivity contribution is -0.0744. The van der Waals surface area contributed by atoms with Crippen LogP contribution < -0.4 is 10.6 Å². The summed E-state index contributed by atoms with van der Waals surface area (Å²) in [5.41, 5.74) is 1.95. The molecule has 6 nitrogen and oxygen atoms in total. The molecule has 1 amide bonds. The maximum Gasteiger partial charge on any atom is 0.265 e. The lowest BCUT2D eigenvalue weighted by Gasteiger charge is -2.49. The standard InChI is InChI=1S/C21H28N4O2S/c1-13-15(12-22-25-13)17-11-16-18(28-17)19(26)24-21(23-16)9-7-20(27,8-10-21)14-5-3-2-4-6-14/h11-12,14,23,27H,2-10H2,1H3,(H,22,25)(H,24,26)/t20-,21-. The monoisotopic (exact) mass is 400 g/mol. The second-order valence-electron chi connectivity index (χ2n) is 8.86. The SMILES string of the molecule is Cc1[nH]ncc1-c1cc2c(s1)C(=O)N[C@]1(CC[C@@](O)(C3CCCCC3)CC1)N2. The van der Waals surface area contributed by atoms with Gasteiger partial charge in [0.2, 0.25) is 0 Å². The number of amides is 1. The first-order valence-electron chi connectivity index (χ1n) is 10.5. The summed E-state index contributed by atoms with van der Waals surface area (Å²) in [6, 6.07) is 2.07. The number of aryl methyl sites for hydroxylation is 1. The Labute approximate surface area is 169 Å². The van der Waals surface area contributed by atoms with Crippen molar-refractivity contribution in [2.45, 2.75) is 76.0 Å². The predicted octanol–water partition coefficient (Wildman–Crippen LogP) is 4.18. The number of nitrogens with zero attached hydrogens (tertiary/aromatic N) is 1. The number of carbonyl (C=O) groups excluding carboxylic acids is 1. The van der Waals surface area contributed by atoms with Crippen LogP contribution >= 0.6 is 11.3 Å². The molecule has 0 saturated heterocycles. The molecule has 3 heterocycles. The van der Waals surface area contributed by atoms with Crippen molar-refractivity contribution in [3.05, 3.63) is 22.8 Å². The molecule has 4 N–H and O–H groups in total. The molecule has 1 spiro atoms. The number of aliphatic hydroxyl groups is 1. The van der Waals surface area contributed by atoms with E-state index in [1.54, 1.807) is 0 Å². The van der Waals surface area contributed by atoms with Crippen molar-refractivity contribution in [1.82, 2.24) is 15.5 Å². The third kappa shape index (κ3) is 2.95. The topological polar surface area (TPSA) is 90.0 Å². The number of thiophene rings is 1. The van der Waals surface area contributed by atoms with Gasteiger partial charge in [0.05, 0.1) is 17.5 Å². The summed E-state index contributed by atoms with van der Waals surface area (Å²) in [7, 11) is 0. The second-order valence-corrected chi connectivity index (χ2v) is 9.91. The van der Waals surface area contributed by atoms with E-state index in [4.69, 9.17) is 0 Å². The minimum absolute atomic E-state index is 0.00532. The zero-order valence-corrected chi connectivity index (χ0v) is 17.1. The molecule has 0 unspecified atom stereocenters. The molecule has 2 aromatic heterocycles. The number of aromatic amines is 1. The highest BCUT2D eigenvalue weighted by atomic mass is 32.1. The smallest absolute Gasteiger partial charge is 0.265 e. The van der Waals surface area contributed by atoms with E-state index in [9.17, 15) is 9.90 Å². The minimum Gasteiger partial charge on any atom is -0.390 e. The van der Waals surface area contributed by atoms with Gasteiger partial charge in [-0.25, -0.2) is 0 Å². The average molecular weight is 401 g/mol. The van der Waals surface area contributed by atoms with E-state index in [0.29, 0.717) is 5.92 Å². The first-order chi connectivity index (χ1) is 13.5. The summed E-state index contributed by atoms with van der Waals surface area (Å²) in [6.45, 7) is 1.99. The molecule has 2 aliphatic carbocycles. The van der Waals surface area contributed by atoms with Crippen molar-refractivity contribution in [1.29, 1.82) is 0 Å². The Hall–Kier alpha value is -1.86. The number of nitrogens with one attached hydrogen (secondary N) is 3. The van der Waals surface area contributed by atoms with E-state index >= 15 is 0 Å². The Morgan fingerprint density at radius 3 is 2.57 bits per heavy atom. The maximum atomic E-state index is 12.9. The van der Waals surface area contributed by atoms with Gasteiger partial charge >= 0.3 is 0 Å². The van der Waals surface area contributed by atoms with Crippen molar-refractivity contribution >= 4 is 22.9 Å². The van der Waals surface area contributed by atoms with Gasteiger partial charge in [-0.3, -0.25) is 9.89 Å². The lowest BCUT2D eigenvalue weighted by atomic mass is 9.67. The van der Waals surface area contributed by atoms with Gasteiger partial charge in [-0.1, -0.05) is 19.3 Å². The fourth-order valence-electron chi connectivity index (χ4n) is 5.36. The number of H-pyrrole nitrogens is 1. The first-order valence-corrected chi connectivity index (χ1v) is 11.3. The Kier molecular flexibility index (Phi) is 4.28. The van der Waals surface area contributed by atoms with Crippen molar-refractivity contribution < 1.29 is 9.90 Å². The van der Waals surface area contributed by atoms with Gasteiger partial charge in [0.15, 0.2) is 0 Å². The van der Waals surface area contributed by atoms with Crippen LogP contribution in [-0.4, -0.2) is 32.5 Å². The Balaban J connectivity index is 1.36. The van der Waals surface area contributed by atoms with E-state index in [-0.39, 0.29) is 5.91 Å². The van der Waals surface area contributed by atoms with Crippen LogP contribution in [-0.2, 0) is 0 Å². The predicted molar refractivity (Wildman–Crippen MR) is 110 cm³/mol. The molecule has 3 aliphatic rings. The highest BCUT2D eigenvalue weighted by molar-refractivity contribution is 7.18. The van der Waals surface area contributed by atoms with Crippen molar-refractivity contribution in [2.75, 3.05) is 5.32 Å². The molecular weight excluding hydrogens is 372 g/mol. The molecule has 0 bridgehead atoms. The summed E-state index contributed by atoms with van der Waals surface area (Å²) in [5.74, 6) is 0.416.